The number of H-pyrrole nitrogens is 1. The number of hydrogen-bond acceptors (Lipinski definition) is 13. The maximum Gasteiger partial charge on any atom is 0.407 e. The van der Waals surface area contributed by atoms with Crippen LogP contribution in [0.15, 0.2) is 40.6 Å². The Labute approximate surface area is 337 Å². The number of alkyl carbamates (subject to hydrolysis) is 1. The molecule has 308 valence electrons. The SMILES string of the molecule is COC(=O)c1scnc1-n1nc(C(Nc2ccc(C#N)c(CNC(=O)OC(C)(C)C)c2)c2cc(OC)cc(OCCO[Si](C(C)C)(C(C)C)C(C)C)c2F)[nH]c1=O. The summed E-state index contributed by atoms with van der Waals surface area (Å²) in [6, 6.07) is 8.49. The number of amides is 1. The summed E-state index contributed by atoms with van der Waals surface area (Å²) in [5, 5.41) is 20.2. The molecule has 1 atom stereocenters. The number of thiazole rings is 1. The summed E-state index contributed by atoms with van der Waals surface area (Å²) in [4.78, 5) is 45.3. The summed E-state index contributed by atoms with van der Waals surface area (Å²) in [6.45, 7) is 18.5. The van der Waals surface area contributed by atoms with E-state index in [-0.39, 0.29) is 58.9 Å². The monoisotopic (exact) mass is 825 g/mol. The second-order valence-electron chi connectivity index (χ2n) is 15.2. The van der Waals surface area contributed by atoms with Gasteiger partial charge in [0.05, 0.1) is 38.0 Å². The van der Waals surface area contributed by atoms with E-state index in [4.69, 9.17) is 23.4 Å². The number of aromatic amines is 1. The lowest BCUT2D eigenvalue weighted by Crippen LogP contribution is -2.48. The molecule has 2 aromatic heterocycles. The summed E-state index contributed by atoms with van der Waals surface area (Å²) < 4.78 is 46.2. The Kier molecular flexibility index (Phi) is 14.7. The van der Waals surface area contributed by atoms with E-state index >= 15 is 4.39 Å². The molecule has 4 aromatic rings. The number of nitriles is 1. The van der Waals surface area contributed by atoms with Crippen molar-refractivity contribution in [3.05, 3.63) is 79.5 Å². The minimum absolute atomic E-state index is 0.0225. The van der Waals surface area contributed by atoms with Crippen LogP contribution in [0.4, 0.5) is 14.9 Å². The first-order valence-corrected chi connectivity index (χ1v) is 21.5. The van der Waals surface area contributed by atoms with E-state index in [0.717, 1.165) is 16.0 Å². The van der Waals surface area contributed by atoms with Gasteiger partial charge in [0.2, 0.25) is 0 Å². The molecule has 4 rings (SSSR count). The molecule has 0 bridgehead atoms. The highest BCUT2D eigenvalue weighted by Gasteiger charge is 2.45. The zero-order valence-electron chi connectivity index (χ0n) is 34.2. The average molecular weight is 826 g/mol. The van der Waals surface area contributed by atoms with Gasteiger partial charge in [0.1, 0.15) is 24.0 Å². The first-order chi connectivity index (χ1) is 26.9. The molecule has 3 N–H and O–H groups in total. The van der Waals surface area contributed by atoms with Crippen molar-refractivity contribution in [3.63, 3.8) is 0 Å². The fraction of sp³-hybridized carbons (Fsp3) is 0.487. The molecule has 0 saturated heterocycles. The van der Waals surface area contributed by atoms with Crippen molar-refractivity contribution in [2.75, 3.05) is 32.8 Å². The maximum absolute atomic E-state index is 16.9. The smallest absolute Gasteiger partial charge is 0.407 e. The number of benzene rings is 2. The molecule has 57 heavy (non-hydrogen) atoms. The Bertz CT molecular complexity index is 2120. The zero-order chi connectivity index (χ0) is 42.2. The van der Waals surface area contributed by atoms with Crippen LogP contribution in [0.3, 0.4) is 0 Å². The number of anilines is 1. The number of hydrogen-bond donors (Lipinski definition) is 3. The largest absolute Gasteiger partial charge is 0.497 e. The van der Waals surface area contributed by atoms with Crippen molar-refractivity contribution in [1.82, 2.24) is 25.1 Å². The van der Waals surface area contributed by atoms with Gasteiger partial charge < -0.3 is 34.0 Å². The Morgan fingerprint density at radius 3 is 2.33 bits per heavy atom. The Morgan fingerprint density at radius 2 is 1.74 bits per heavy atom. The molecular weight excluding hydrogens is 774 g/mol. The summed E-state index contributed by atoms with van der Waals surface area (Å²) in [5.41, 5.74) is 1.94. The third-order valence-corrected chi connectivity index (χ3v) is 16.3. The molecule has 18 heteroatoms. The van der Waals surface area contributed by atoms with E-state index in [1.165, 1.54) is 37.9 Å². The van der Waals surface area contributed by atoms with Gasteiger partial charge >= 0.3 is 17.8 Å². The van der Waals surface area contributed by atoms with Gasteiger partial charge in [-0.1, -0.05) is 41.5 Å². The van der Waals surface area contributed by atoms with E-state index < -0.39 is 43.5 Å². The van der Waals surface area contributed by atoms with Crippen LogP contribution in [0.1, 0.15) is 101 Å². The van der Waals surface area contributed by atoms with Crippen molar-refractivity contribution in [1.29, 1.82) is 5.26 Å². The van der Waals surface area contributed by atoms with Crippen LogP contribution in [0.25, 0.3) is 5.82 Å². The Hall–Kier alpha value is -5.25. The van der Waals surface area contributed by atoms with E-state index in [2.05, 4.69) is 73.3 Å². The van der Waals surface area contributed by atoms with Gasteiger partial charge in [0.25, 0.3) is 0 Å². The standard InChI is InChI=1S/C39H52FN7O8SSi/c1-22(2)57(23(3)4,24(5)6)54-15-14-53-30-18-28(51-10)17-29(31(30)40)32(34-45-37(49)47(46-34)35-33(36(48)52-11)56-21-43-35)44-27-13-12-25(19-41)26(16-27)20-42-38(50)55-39(7,8)9/h12-13,16-18,21-24,32,44H,14-15,20H2,1-11H3,(H,42,50)(H,45,46,49). The van der Waals surface area contributed by atoms with Crippen LogP contribution in [-0.2, 0) is 20.4 Å². The highest BCUT2D eigenvalue weighted by Crippen LogP contribution is 2.42. The molecule has 1 amide bonds. The summed E-state index contributed by atoms with van der Waals surface area (Å²) in [5.74, 6) is -1.50. The number of rotatable bonds is 17. The minimum Gasteiger partial charge on any atom is -0.497 e. The van der Waals surface area contributed by atoms with Crippen molar-refractivity contribution in [3.8, 4) is 23.4 Å². The lowest BCUT2D eigenvalue weighted by molar-refractivity contribution is 0.0522. The number of carbonyl (C=O) groups is 2. The van der Waals surface area contributed by atoms with Gasteiger partial charge in [-0.2, -0.15) is 9.94 Å². The lowest BCUT2D eigenvalue weighted by Gasteiger charge is -2.42. The van der Waals surface area contributed by atoms with Gasteiger partial charge in [-0.15, -0.1) is 16.4 Å². The topological polar surface area (TPSA) is 192 Å². The van der Waals surface area contributed by atoms with Crippen LogP contribution in [0.2, 0.25) is 16.6 Å². The molecule has 0 aliphatic rings. The molecule has 15 nitrogen and oxygen atoms in total. The highest BCUT2D eigenvalue weighted by atomic mass is 32.1. The van der Waals surface area contributed by atoms with Crippen molar-refractivity contribution in [2.24, 2.45) is 0 Å². The highest BCUT2D eigenvalue weighted by molar-refractivity contribution is 7.12. The fourth-order valence-corrected chi connectivity index (χ4v) is 13.1. The van der Waals surface area contributed by atoms with Gasteiger partial charge in [-0.3, -0.25) is 4.98 Å². The molecule has 2 aromatic carbocycles. The van der Waals surface area contributed by atoms with Crippen LogP contribution >= 0.6 is 11.3 Å². The van der Waals surface area contributed by atoms with Gasteiger partial charge in [-0.25, -0.2) is 23.8 Å². The number of nitrogens with one attached hydrogen (secondary N) is 3. The molecule has 0 fully saturated rings. The van der Waals surface area contributed by atoms with Crippen molar-refractivity contribution >= 4 is 37.4 Å². The predicted molar refractivity (Wildman–Crippen MR) is 216 cm³/mol. The molecule has 0 aliphatic carbocycles. The normalized spacial score (nSPS) is 12.4. The van der Waals surface area contributed by atoms with Crippen LogP contribution in [0.5, 0.6) is 11.5 Å². The number of esters is 1. The second kappa shape index (κ2) is 18.8. The third kappa shape index (κ3) is 10.4. The van der Waals surface area contributed by atoms with Gasteiger partial charge in [-0.05, 0) is 67.2 Å². The van der Waals surface area contributed by atoms with Crippen LogP contribution < -0.4 is 25.8 Å². The number of aromatic nitrogens is 4. The van der Waals surface area contributed by atoms with Crippen molar-refractivity contribution < 1.29 is 37.4 Å². The van der Waals surface area contributed by atoms with E-state index in [1.807, 2.05) is 0 Å². The lowest BCUT2D eigenvalue weighted by atomic mass is 10.0. The molecule has 2 heterocycles. The van der Waals surface area contributed by atoms with Crippen LogP contribution in [-0.4, -0.2) is 73.2 Å². The number of halogens is 1. The van der Waals surface area contributed by atoms with E-state index in [1.54, 1.807) is 32.9 Å². The average Bonchev–Trinajstić information content (AvgIpc) is 3.78. The van der Waals surface area contributed by atoms with Crippen molar-refractivity contribution in [2.45, 2.75) is 97.1 Å². The summed E-state index contributed by atoms with van der Waals surface area (Å²) in [7, 11) is 0.407. The van der Waals surface area contributed by atoms with E-state index in [0.29, 0.717) is 27.9 Å². The predicted octanol–water partition coefficient (Wildman–Crippen LogP) is 7.62. The number of methoxy groups -OCH3 is 2. The molecule has 1 unspecified atom stereocenters. The molecule has 0 saturated carbocycles. The summed E-state index contributed by atoms with van der Waals surface area (Å²) >= 11 is 0.960. The van der Waals surface area contributed by atoms with Crippen LogP contribution in [0, 0.1) is 17.1 Å². The number of carbonyl (C=O) groups excluding carboxylic acids is 2. The fourth-order valence-electron chi connectivity index (χ4n) is 7.01. The van der Waals surface area contributed by atoms with Gasteiger partial charge in [0.15, 0.2) is 36.4 Å². The Morgan fingerprint density at radius 1 is 1.05 bits per heavy atom. The molecule has 0 spiro atoms. The third-order valence-electron chi connectivity index (χ3n) is 9.38. The molecule has 0 aliphatic heterocycles. The minimum atomic E-state index is -2.22. The summed E-state index contributed by atoms with van der Waals surface area (Å²) in [6.07, 6.45) is -0.680. The second-order valence-corrected chi connectivity index (χ2v) is 21.5. The maximum atomic E-state index is 16.9. The first kappa shape index (κ1) is 44.5. The first-order valence-electron chi connectivity index (χ1n) is 18.5. The molecule has 0 radical (unpaired) electrons. The zero-order valence-corrected chi connectivity index (χ0v) is 36.1. The van der Waals surface area contributed by atoms with Gasteiger partial charge in [0, 0.05) is 23.9 Å². The Balaban J connectivity index is 1.78. The number of nitrogens with zero attached hydrogens (tertiary/aromatic N) is 4. The molecular formula is C39H52FN7O8SSi. The van der Waals surface area contributed by atoms with E-state index in [9.17, 15) is 19.6 Å². The number of ether oxygens (including phenoxy) is 4. The quantitative estimate of drug-likeness (QED) is 0.0537.